The van der Waals surface area contributed by atoms with Crippen LogP contribution in [0.4, 0.5) is 0 Å². The zero-order chi connectivity index (χ0) is 20.3. The average Bonchev–Trinajstić information content (AvgIpc) is 3.46. The van der Waals surface area contributed by atoms with Crippen LogP contribution in [0.5, 0.6) is 0 Å². The van der Waals surface area contributed by atoms with Crippen molar-refractivity contribution in [2.75, 3.05) is 7.11 Å². The van der Waals surface area contributed by atoms with E-state index in [2.05, 4.69) is 34.5 Å². The maximum Gasteiger partial charge on any atom is 0.337 e. The molecule has 0 saturated heterocycles. The summed E-state index contributed by atoms with van der Waals surface area (Å²) in [6.45, 7) is 4.00. The van der Waals surface area contributed by atoms with Crippen LogP contribution in [-0.2, 0) is 17.2 Å². The lowest BCUT2D eigenvalue weighted by molar-refractivity contribution is 0.0601. The first-order chi connectivity index (χ1) is 13.6. The molecular formula is C22H24ClN3O2. The first kappa shape index (κ1) is 20.1. The number of benzene rings is 2. The average molecular weight is 398 g/mol. The number of carbonyl (C=O) groups excluding carboxylic acids is 1. The van der Waals surface area contributed by atoms with Crippen molar-refractivity contribution in [3.63, 3.8) is 0 Å². The van der Waals surface area contributed by atoms with E-state index in [4.69, 9.17) is 16.3 Å². The third kappa shape index (κ3) is 3.42. The second-order valence-corrected chi connectivity index (χ2v) is 6.95. The van der Waals surface area contributed by atoms with E-state index in [1.165, 1.54) is 12.7 Å². The van der Waals surface area contributed by atoms with Crippen LogP contribution in [0.25, 0.3) is 11.4 Å². The number of halogens is 1. The van der Waals surface area contributed by atoms with Crippen LogP contribution in [0.1, 0.15) is 48.4 Å². The number of hydrogen-bond donors (Lipinski definition) is 0. The predicted molar refractivity (Wildman–Crippen MR) is 111 cm³/mol. The smallest absolute Gasteiger partial charge is 0.337 e. The van der Waals surface area contributed by atoms with Gasteiger partial charge in [-0.15, -0.1) is 10.2 Å². The van der Waals surface area contributed by atoms with Crippen LogP contribution in [0.3, 0.4) is 0 Å². The zero-order valence-corrected chi connectivity index (χ0v) is 17.3. The van der Waals surface area contributed by atoms with Gasteiger partial charge in [0.25, 0.3) is 0 Å². The van der Waals surface area contributed by atoms with Crippen molar-refractivity contribution in [1.29, 1.82) is 0 Å². The molecule has 2 aromatic carbocycles. The Balaban J connectivity index is 0.00000109. The summed E-state index contributed by atoms with van der Waals surface area (Å²) in [5.41, 5.74) is 2.34. The Labute approximate surface area is 170 Å². The molecule has 1 aliphatic rings. The Morgan fingerprint density at radius 2 is 1.79 bits per heavy atom. The Bertz CT molecular complexity index is 979. The Morgan fingerprint density at radius 3 is 2.36 bits per heavy atom. The van der Waals surface area contributed by atoms with Crippen LogP contribution in [0.2, 0.25) is 5.02 Å². The highest BCUT2D eigenvalue weighted by molar-refractivity contribution is 6.33. The lowest BCUT2D eigenvalue weighted by Crippen LogP contribution is -2.15. The van der Waals surface area contributed by atoms with Crippen molar-refractivity contribution in [2.45, 2.75) is 32.1 Å². The van der Waals surface area contributed by atoms with Crippen LogP contribution in [0, 0.1) is 0 Å². The van der Waals surface area contributed by atoms with Crippen molar-refractivity contribution < 1.29 is 9.53 Å². The fourth-order valence-electron chi connectivity index (χ4n) is 3.45. The number of methoxy groups -OCH3 is 1. The minimum atomic E-state index is -0.418. The second-order valence-electron chi connectivity index (χ2n) is 6.54. The molecule has 0 atom stereocenters. The third-order valence-corrected chi connectivity index (χ3v) is 5.32. The Morgan fingerprint density at radius 1 is 1.11 bits per heavy atom. The van der Waals surface area contributed by atoms with E-state index in [1.807, 2.05) is 31.5 Å². The summed E-state index contributed by atoms with van der Waals surface area (Å²) < 4.78 is 6.73. The topological polar surface area (TPSA) is 57.0 Å². The molecule has 146 valence electrons. The van der Waals surface area contributed by atoms with Crippen molar-refractivity contribution in [3.8, 4) is 11.4 Å². The molecule has 0 N–H and O–H groups in total. The van der Waals surface area contributed by atoms with Gasteiger partial charge in [0.05, 0.1) is 23.1 Å². The maximum absolute atomic E-state index is 11.7. The predicted octanol–water partition coefficient (Wildman–Crippen LogP) is 5.03. The van der Waals surface area contributed by atoms with Gasteiger partial charge < -0.3 is 9.30 Å². The van der Waals surface area contributed by atoms with Gasteiger partial charge in [-0.25, -0.2) is 4.79 Å². The van der Waals surface area contributed by atoms with E-state index < -0.39 is 5.97 Å². The number of nitrogens with zero attached hydrogens (tertiary/aromatic N) is 3. The lowest BCUT2D eigenvalue weighted by atomic mass is 9.95. The van der Waals surface area contributed by atoms with E-state index in [-0.39, 0.29) is 5.41 Å². The van der Waals surface area contributed by atoms with Crippen LogP contribution in [0.15, 0.2) is 48.5 Å². The molecule has 1 heterocycles. The summed E-state index contributed by atoms with van der Waals surface area (Å²) in [7, 11) is 3.30. The molecule has 6 heteroatoms. The fourth-order valence-corrected chi connectivity index (χ4v) is 3.71. The van der Waals surface area contributed by atoms with Gasteiger partial charge in [-0.1, -0.05) is 55.8 Å². The van der Waals surface area contributed by atoms with Crippen LogP contribution >= 0.6 is 11.6 Å². The van der Waals surface area contributed by atoms with Crippen molar-refractivity contribution in [3.05, 3.63) is 70.5 Å². The Hall–Kier alpha value is -2.66. The monoisotopic (exact) mass is 397 g/mol. The van der Waals surface area contributed by atoms with Crippen LogP contribution < -0.4 is 0 Å². The molecule has 3 aromatic rings. The summed E-state index contributed by atoms with van der Waals surface area (Å²) in [5, 5.41) is 9.31. The van der Waals surface area contributed by atoms with Crippen molar-refractivity contribution in [2.24, 2.45) is 7.05 Å². The Kier molecular flexibility index (Phi) is 5.84. The SMILES string of the molecule is CC.COC(=O)c1ccc(-c2nnc(C3(c4ccccc4)CC3)n2C)c(Cl)c1. The molecule has 1 aliphatic carbocycles. The largest absolute Gasteiger partial charge is 0.465 e. The quantitative estimate of drug-likeness (QED) is 0.579. The highest BCUT2D eigenvalue weighted by Crippen LogP contribution is 2.53. The third-order valence-electron chi connectivity index (χ3n) is 5.01. The fraction of sp³-hybridized carbons (Fsp3) is 0.318. The number of ether oxygens (including phenoxy) is 1. The molecule has 0 bridgehead atoms. The number of esters is 1. The molecular weight excluding hydrogens is 374 g/mol. The van der Waals surface area contributed by atoms with E-state index in [0.29, 0.717) is 16.4 Å². The molecule has 5 nitrogen and oxygen atoms in total. The van der Waals surface area contributed by atoms with Crippen molar-refractivity contribution in [1.82, 2.24) is 14.8 Å². The molecule has 4 rings (SSSR count). The number of rotatable bonds is 4. The van der Waals surface area contributed by atoms with Gasteiger partial charge in [-0.3, -0.25) is 0 Å². The first-order valence-electron chi connectivity index (χ1n) is 9.40. The summed E-state index contributed by atoms with van der Waals surface area (Å²) in [6, 6.07) is 15.5. The van der Waals surface area contributed by atoms with Gasteiger partial charge in [0.2, 0.25) is 0 Å². The molecule has 28 heavy (non-hydrogen) atoms. The molecule has 0 radical (unpaired) electrons. The molecule has 1 saturated carbocycles. The molecule has 1 fully saturated rings. The molecule has 0 unspecified atom stereocenters. The summed E-state index contributed by atoms with van der Waals surface area (Å²) >= 11 is 6.40. The van der Waals surface area contributed by atoms with Gasteiger partial charge in [0, 0.05) is 12.6 Å². The van der Waals surface area contributed by atoms with Gasteiger partial charge in [-0.2, -0.15) is 0 Å². The minimum absolute atomic E-state index is 0.0697. The molecule has 0 spiro atoms. The summed E-state index contributed by atoms with van der Waals surface area (Å²) in [5.74, 6) is 1.20. The zero-order valence-electron chi connectivity index (χ0n) is 16.6. The maximum atomic E-state index is 11.7. The van der Waals surface area contributed by atoms with Gasteiger partial charge in [0.1, 0.15) is 5.82 Å². The lowest BCUT2D eigenvalue weighted by Gasteiger charge is -2.15. The highest BCUT2D eigenvalue weighted by Gasteiger charge is 2.49. The number of carbonyl (C=O) groups is 1. The molecule has 0 amide bonds. The van der Waals surface area contributed by atoms with Gasteiger partial charge in [-0.05, 0) is 36.6 Å². The summed E-state index contributed by atoms with van der Waals surface area (Å²) in [6.07, 6.45) is 2.11. The molecule has 0 aliphatic heterocycles. The highest BCUT2D eigenvalue weighted by atomic mass is 35.5. The number of aromatic nitrogens is 3. The van der Waals surface area contributed by atoms with E-state index in [9.17, 15) is 4.79 Å². The van der Waals surface area contributed by atoms with Crippen LogP contribution in [-0.4, -0.2) is 27.8 Å². The number of hydrogen-bond acceptors (Lipinski definition) is 4. The van der Waals surface area contributed by atoms with Gasteiger partial charge >= 0.3 is 5.97 Å². The first-order valence-corrected chi connectivity index (χ1v) is 9.78. The van der Waals surface area contributed by atoms with E-state index >= 15 is 0 Å². The van der Waals surface area contributed by atoms with E-state index in [0.717, 1.165) is 24.2 Å². The summed E-state index contributed by atoms with van der Waals surface area (Å²) in [4.78, 5) is 11.7. The van der Waals surface area contributed by atoms with Gasteiger partial charge in [0.15, 0.2) is 5.82 Å². The normalized spacial score (nSPS) is 14.0. The van der Waals surface area contributed by atoms with Crippen molar-refractivity contribution >= 4 is 17.6 Å². The standard InChI is InChI=1S/C20H18ClN3O2.C2H6/c1-24-17(15-9-8-13(12-16(15)21)18(25)26-2)22-23-19(24)20(10-11-20)14-6-4-3-5-7-14;1-2/h3-9,12H,10-11H2,1-2H3;1-2H3. The van der Waals surface area contributed by atoms with E-state index in [1.54, 1.807) is 18.2 Å². The minimum Gasteiger partial charge on any atom is -0.465 e. The second kappa shape index (κ2) is 8.15. The molecule has 1 aromatic heterocycles.